The lowest BCUT2D eigenvalue weighted by atomic mass is 10.1. The van der Waals surface area contributed by atoms with Gasteiger partial charge in [-0.1, -0.05) is 13.8 Å². The number of hydrogen-bond acceptors (Lipinski definition) is 10. The number of nitrogens with one attached hydrogen (secondary N) is 2. The van der Waals surface area contributed by atoms with Crippen LogP contribution in [0.5, 0.6) is 0 Å². The molecule has 11 nitrogen and oxygen atoms in total. The number of ether oxygens (including phenoxy) is 5. The smallest absolute Gasteiger partial charge is 0.193 e. The molecule has 2 heterocycles. The minimum absolute atomic E-state index is 0.0179. The van der Waals surface area contributed by atoms with Crippen molar-refractivity contribution in [2.45, 2.75) is 20.3 Å². The molecule has 0 fully saturated rings. The minimum atomic E-state index is -0.108. The number of fused-ring (bicyclic) bond motifs is 3. The summed E-state index contributed by atoms with van der Waals surface area (Å²) in [7, 11) is 1.86. The van der Waals surface area contributed by atoms with E-state index >= 15 is 0 Å². The van der Waals surface area contributed by atoms with Crippen LogP contribution in [0, 0.1) is 0 Å². The average Bonchev–Trinajstić information content (AvgIpc) is 3.45. The Morgan fingerprint density at radius 1 is 0.810 bits per heavy atom. The first kappa shape index (κ1) is 33.2. The quantitative estimate of drug-likeness (QED) is 0.138. The predicted molar refractivity (Wildman–Crippen MR) is 163 cm³/mol. The number of aliphatic hydroxyl groups is 1. The number of anilines is 1. The normalized spacial score (nSPS) is 11.1. The summed E-state index contributed by atoms with van der Waals surface area (Å²) in [5, 5.41) is 12.2. The number of imidazole rings is 1. The first-order chi connectivity index (χ1) is 20.7. The third-order valence-electron chi connectivity index (χ3n) is 6.06. The molecule has 2 aromatic carbocycles. The molecule has 42 heavy (non-hydrogen) atoms. The maximum atomic E-state index is 12.8. The van der Waals surface area contributed by atoms with Crippen molar-refractivity contribution in [2.24, 2.45) is 0 Å². The molecule has 230 valence electrons. The van der Waals surface area contributed by atoms with Gasteiger partial charge in [-0.2, -0.15) is 0 Å². The molecule has 0 saturated heterocycles. The van der Waals surface area contributed by atoms with Gasteiger partial charge in [0.1, 0.15) is 17.1 Å². The molecule has 0 unspecified atom stereocenters. The topological polar surface area (TPSA) is 137 Å². The van der Waals surface area contributed by atoms with Crippen LogP contribution in [0.25, 0.3) is 33.3 Å². The molecule has 4 aromatic rings. The fourth-order valence-corrected chi connectivity index (χ4v) is 4.01. The molecule has 0 radical (unpaired) electrons. The summed E-state index contributed by atoms with van der Waals surface area (Å²) < 4.78 is 33.3. The molecule has 0 spiro atoms. The predicted octanol–water partition coefficient (Wildman–Crippen LogP) is 4.02. The van der Waals surface area contributed by atoms with E-state index < -0.39 is 0 Å². The molecule has 0 aliphatic carbocycles. The number of rotatable bonds is 19. The van der Waals surface area contributed by atoms with Crippen LogP contribution in [0.3, 0.4) is 0 Å². The highest BCUT2D eigenvalue weighted by Gasteiger charge is 2.13. The molecular weight excluding hydrogens is 542 g/mol. The molecule has 11 heteroatoms. The molecule has 0 amide bonds. The van der Waals surface area contributed by atoms with Crippen LogP contribution in [0.4, 0.5) is 5.69 Å². The summed E-state index contributed by atoms with van der Waals surface area (Å²) in [6.07, 6.45) is 0.583. The van der Waals surface area contributed by atoms with Crippen LogP contribution in [-0.4, -0.2) is 94.8 Å². The van der Waals surface area contributed by atoms with E-state index in [1.54, 1.807) is 6.07 Å². The zero-order valence-corrected chi connectivity index (χ0v) is 24.8. The number of aromatic amines is 1. The summed E-state index contributed by atoms with van der Waals surface area (Å²) in [5.74, 6) is 1.25. The minimum Gasteiger partial charge on any atom is -0.453 e. The zero-order chi connectivity index (χ0) is 30.0. The van der Waals surface area contributed by atoms with E-state index in [4.69, 9.17) is 38.2 Å². The van der Waals surface area contributed by atoms with E-state index in [2.05, 4.69) is 10.3 Å². The molecule has 0 saturated carbocycles. The summed E-state index contributed by atoms with van der Waals surface area (Å²) in [6.45, 7) is 8.63. The Hall–Kier alpha value is -3.32. The van der Waals surface area contributed by atoms with Gasteiger partial charge in [-0.15, -0.1) is 0 Å². The first-order valence-electron chi connectivity index (χ1n) is 14.4. The summed E-state index contributed by atoms with van der Waals surface area (Å²) >= 11 is 0. The lowest BCUT2D eigenvalue weighted by molar-refractivity contribution is -0.0131. The largest absolute Gasteiger partial charge is 0.453 e. The molecule has 2 aromatic heterocycles. The number of nitrogens with zero attached hydrogens (tertiary/aromatic N) is 1. The fraction of sp³-hybridized carbons (Fsp3) is 0.484. The molecule has 4 rings (SSSR count). The van der Waals surface area contributed by atoms with Crippen molar-refractivity contribution in [3.05, 3.63) is 58.5 Å². The van der Waals surface area contributed by atoms with Gasteiger partial charge in [-0.05, 0) is 36.4 Å². The SMILES string of the molecule is CC.CNc1ccc(-c2cc(=O)c3ccc4[nH]c(CCOCCOCCOCCOCCOCCO)nc4c3o2)cc1. The van der Waals surface area contributed by atoms with Crippen LogP contribution in [0.15, 0.2) is 51.7 Å². The lowest BCUT2D eigenvalue weighted by Crippen LogP contribution is -2.14. The van der Waals surface area contributed by atoms with Gasteiger partial charge in [-0.25, -0.2) is 4.98 Å². The number of aromatic nitrogens is 2. The molecule has 0 aliphatic rings. The van der Waals surface area contributed by atoms with Crippen molar-refractivity contribution in [3.8, 4) is 11.3 Å². The Labute approximate surface area is 246 Å². The Kier molecular flexibility index (Phi) is 15.0. The van der Waals surface area contributed by atoms with Crippen LogP contribution < -0.4 is 10.7 Å². The zero-order valence-electron chi connectivity index (χ0n) is 24.8. The molecule has 0 bridgehead atoms. The highest BCUT2D eigenvalue weighted by molar-refractivity contribution is 6.00. The Bertz CT molecular complexity index is 1370. The van der Waals surface area contributed by atoms with Crippen molar-refractivity contribution in [3.63, 3.8) is 0 Å². The molecular formula is C31H43N3O8. The Morgan fingerprint density at radius 3 is 1.95 bits per heavy atom. The monoisotopic (exact) mass is 585 g/mol. The second-order valence-electron chi connectivity index (χ2n) is 8.86. The van der Waals surface area contributed by atoms with Crippen molar-refractivity contribution in [2.75, 3.05) is 85.0 Å². The van der Waals surface area contributed by atoms with Crippen molar-refractivity contribution >= 4 is 27.7 Å². The highest BCUT2D eigenvalue weighted by Crippen LogP contribution is 2.27. The second-order valence-corrected chi connectivity index (χ2v) is 8.86. The maximum Gasteiger partial charge on any atom is 0.193 e. The number of aliphatic hydroxyl groups excluding tert-OH is 1. The van der Waals surface area contributed by atoms with E-state index in [1.807, 2.05) is 51.2 Å². The average molecular weight is 586 g/mol. The maximum absolute atomic E-state index is 12.8. The molecule has 3 N–H and O–H groups in total. The van der Waals surface area contributed by atoms with Gasteiger partial charge in [0.25, 0.3) is 0 Å². The molecule has 0 atom stereocenters. The van der Waals surface area contributed by atoms with Gasteiger partial charge in [0.15, 0.2) is 11.0 Å². The van der Waals surface area contributed by atoms with Gasteiger partial charge in [0.2, 0.25) is 0 Å². The lowest BCUT2D eigenvalue weighted by Gasteiger charge is -2.07. The van der Waals surface area contributed by atoms with Gasteiger partial charge in [-0.3, -0.25) is 4.79 Å². The van der Waals surface area contributed by atoms with Gasteiger partial charge < -0.3 is 43.5 Å². The molecule has 0 aliphatic heterocycles. The van der Waals surface area contributed by atoms with E-state index in [1.165, 1.54) is 6.07 Å². The first-order valence-corrected chi connectivity index (χ1v) is 14.4. The number of benzene rings is 2. The van der Waals surface area contributed by atoms with Crippen LogP contribution >= 0.6 is 0 Å². The third-order valence-corrected chi connectivity index (χ3v) is 6.06. The van der Waals surface area contributed by atoms with E-state index in [0.29, 0.717) is 94.7 Å². The van der Waals surface area contributed by atoms with Crippen LogP contribution in [0.1, 0.15) is 19.7 Å². The van der Waals surface area contributed by atoms with Crippen molar-refractivity contribution in [1.29, 1.82) is 0 Å². The summed E-state index contributed by atoms with van der Waals surface area (Å²) in [5.41, 5.74) is 3.58. The summed E-state index contributed by atoms with van der Waals surface area (Å²) in [4.78, 5) is 20.8. The Morgan fingerprint density at radius 2 is 1.38 bits per heavy atom. The van der Waals surface area contributed by atoms with E-state index in [-0.39, 0.29) is 12.0 Å². The van der Waals surface area contributed by atoms with Crippen molar-refractivity contribution in [1.82, 2.24) is 9.97 Å². The summed E-state index contributed by atoms with van der Waals surface area (Å²) in [6, 6.07) is 12.8. The fourth-order valence-electron chi connectivity index (χ4n) is 4.01. The second kappa shape index (κ2) is 19.0. The van der Waals surface area contributed by atoms with Gasteiger partial charge in [0.05, 0.1) is 83.6 Å². The van der Waals surface area contributed by atoms with Gasteiger partial charge >= 0.3 is 0 Å². The van der Waals surface area contributed by atoms with Gasteiger partial charge in [0, 0.05) is 30.8 Å². The number of H-pyrrole nitrogens is 1. The third kappa shape index (κ3) is 10.2. The Balaban J connectivity index is 0.00000237. The van der Waals surface area contributed by atoms with Crippen LogP contribution in [-0.2, 0) is 30.1 Å². The highest BCUT2D eigenvalue weighted by atomic mass is 16.6. The standard InChI is InChI=1S/C29H37N3O8.C2H6/c1-30-22-4-2-21(3-5-22)26-20-25(34)23-6-7-24-28(29(23)40-26)32-27(31-24)8-10-35-12-14-37-16-18-39-19-17-38-15-13-36-11-9-33;1-2/h2-7,20,30,33H,8-19H2,1H3,(H,31,32);1-2H3. The van der Waals surface area contributed by atoms with Crippen LogP contribution in [0.2, 0.25) is 0 Å². The number of hydrogen-bond donors (Lipinski definition) is 3. The van der Waals surface area contributed by atoms with E-state index in [9.17, 15) is 4.79 Å². The van der Waals surface area contributed by atoms with E-state index in [0.717, 1.165) is 22.6 Å². The van der Waals surface area contributed by atoms with Crippen molar-refractivity contribution < 1.29 is 33.2 Å².